The summed E-state index contributed by atoms with van der Waals surface area (Å²) < 4.78 is 24.7. The smallest absolute Gasteiger partial charge is 0.327 e. The van der Waals surface area contributed by atoms with E-state index in [0.29, 0.717) is 4.67 Å². The van der Waals surface area contributed by atoms with Crippen LogP contribution in [0.3, 0.4) is 0 Å². The normalized spacial score (nSPS) is 33.8. The molecule has 2 atom stereocenters. The van der Waals surface area contributed by atoms with Crippen LogP contribution in [0, 0.1) is 0 Å². The van der Waals surface area contributed by atoms with E-state index in [9.17, 15) is 28.6 Å². The van der Waals surface area contributed by atoms with Crippen LogP contribution in [0.2, 0.25) is 0 Å². The predicted octanol–water partition coefficient (Wildman–Crippen LogP) is 0.255. The molecule has 1 aliphatic rings. The van der Waals surface area contributed by atoms with E-state index in [4.69, 9.17) is 0 Å². The van der Waals surface area contributed by atoms with E-state index in [1.165, 1.54) is 6.92 Å². The molecule has 0 aromatic rings. The van der Waals surface area contributed by atoms with E-state index < -0.39 is 26.0 Å². The van der Waals surface area contributed by atoms with Crippen LogP contribution in [0.15, 0.2) is 0 Å². The van der Waals surface area contributed by atoms with Crippen molar-refractivity contribution in [1.82, 2.24) is 9.99 Å². The molecule has 1 aliphatic heterocycles. The maximum Gasteiger partial charge on any atom is 0.357 e. The second kappa shape index (κ2) is 5.04. The summed E-state index contributed by atoms with van der Waals surface area (Å²) in [5.74, 6) is -0.565. The summed E-state index contributed by atoms with van der Waals surface area (Å²) in [5, 5.41) is 0.192. The van der Waals surface area contributed by atoms with Gasteiger partial charge in [0.25, 0.3) is 0 Å². The van der Waals surface area contributed by atoms with E-state index in [0.717, 1.165) is 0 Å². The number of hydrogen-bond donors (Lipinski definition) is 4. The van der Waals surface area contributed by atoms with Crippen molar-refractivity contribution in [2.24, 2.45) is 0 Å². The van der Waals surface area contributed by atoms with Crippen LogP contribution >= 0.6 is 15.1 Å². The molecular weight excluding hydrogens is 282 g/mol. The highest BCUT2D eigenvalue weighted by molar-refractivity contribution is 7.74. The number of nitrogens with zero attached hydrogens (tertiary/aromatic N) is 1. The van der Waals surface area contributed by atoms with Gasteiger partial charge in [-0.2, -0.15) is 0 Å². The van der Waals surface area contributed by atoms with Crippen LogP contribution < -0.4 is 5.32 Å². The van der Waals surface area contributed by atoms with Gasteiger partial charge in [-0.15, -0.1) is 0 Å². The number of amides is 1. The summed E-state index contributed by atoms with van der Waals surface area (Å²) in [6.07, 6.45) is -0.523. The highest BCUT2D eigenvalue weighted by Gasteiger charge is 2.65. The SMILES string of the molecule is CCNC1(P(=O)(O)O)CCC(=O)N(CC)P1(=O)O. The van der Waals surface area contributed by atoms with Crippen LogP contribution in [0.25, 0.3) is 0 Å². The van der Waals surface area contributed by atoms with E-state index in [2.05, 4.69) is 5.32 Å². The summed E-state index contributed by atoms with van der Waals surface area (Å²) in [7, 11) is -9.43. The number of hydrogen-bond acceptors (Lipinski definition) is 4. The lowest BCUT2D eigenvalue weighted by atomic mass is 10.2. The molecule has 18 heavy (non-hydrogen) atoms. The minimum Gasteiger partial charge on any atom is -0.327 e. The van der Waals surface area contributed by atoms with Gasteiger partial charge in [0, 0.05) is 13.0 Å². The monoisotopic (exact) mass is 300 g/mol. The van der Waals surface area contributed by atoms with Gasteiger partial charge in [-0.05, 0) is 19.9 Å². The van der Waals surface area contributed by atoms with Gasteiger partial charge in [-0.3, -0.25) is 23.9 Å². The lowest BCUT2D eigenvalue weighted by Gasteiger charge is -2.45. The molecule has 10 heteroatoms. The molecule has 1 saturated heterocycles. The maximum absolute atomic E-state index is 12.4. The first-order valence-corrected chi connectivity index (χ1v) is 8.81. The Morgan fingerprint density at radius 1 is 1.50 bits per heavy atom. The highest BCUT2D eigenvalue weighted by atomic mass is 31.2. The molecule has 1 amide bonds. The first-order valence-electron chi connectivity index (χ1n) is 5.58. The van der Waals surface area contributed by atoms with E-state index in [1.807, 2.05) is 0 Å². The van der Waals surface area contributed by atoms with Gasteiger partial charge in [-0.25, -0.2) is 0 Å². The van der Waals surface area contributed by atoms with Crippen molar-refractivity contribution in [1.29, 1.82) is 0 Å². The zero-order valence-corrected chi connectivity index (χ0v) is 12.0. The number of rotatable bonds is 4. The number of nitrogens with one attached hydrogen (secondary N) is 1. The summed E-state index contributed by atoms with van der Waals surface area (Å²) in [6.45, 7) is 3.10. The van der Waals surface area contributed by atoms with Gasteiger partial charge in [0.15, 0.2) is 0 Å². The summed E-state index contributed by atoms with van der Waals surface area (Å²) >= 11 is 0. The van der Waals surface area contributed by atoms with Crippen molar-refractivity contribution >= 4 is 21.0 Å². The largest absolute Gasteiger partial charge is 0.357 e. The molecule has 8 nitrogen and oxygen atoms in total. The fourth-order valence-corrected chi connectivity index (χ4v) is 6.57. The Morgan fingerprint density at radius 3 is 2.44 bits per heavy atom. The molecule has 1 fully saturated rings. The zero-order valence-electron chi connectivity index (χ0n) is 10.2. The summed E-state index contributed by atoms with van der Waals surface area (Å²) in [5.41, 5.74) is 0. The summed E-state index contributed by atoms with van der Waals surface area (Å²) in [4.78, 5) is 40.5. The van der Waals surface area contributed by atoms with E-state index in [1.54, 1.807) is 6.92 Å². The Bertz CT molecular complexity index is 435. The van der Waals surface area contributed by atoms with Crippen LogP contribution in [-0.4, -0.2) is 43.4 Å². The quantitative estimate of drug-likeness (QED) is 0.548. The molecule has 0 bridgehead atoms. The molecule has 0 aliphatic carbocycles. The Morgan fingerprint density at radius 2 is 2.06 bits per heavy atom. The second-order valence-electron chi connectivity index (χ2n) is 4.04. The first-order chi connectivity index (χ1) is 8.14. The van der Waals surface area contributed by atoms with E-state index in [-0.39, 0.29) is 25.9 Å². The molecule has 1 rings (SSSR count). The van der Waals surface area contributed by atoms with Crippen LogP contribution in [0.1, 0.15) is 26.7 Å². The van der Waals surface area contributed by atoms with Crippen molar-refractivity contribution < 1.29 is 28.6 Å². The Balaban J connectivity index is 3.39. The van der Waals surface area contributed by atoms with Crippen molar-refractivity contribution in [3.63, 3.8) is 0 Å². The third-order valence-corrected chi connectivity index (χ3v) is 8.44. The molecule has 0 spiro atoms. The Kier molecular flexibility index (Phi) is 4.43. The minimum absolute atomic E-state index is 0.0697. The van der Waals surface area contributed by atoms with Gasteiger partial charge >= 0.3 is 15.1 Å². The minimum atomic E-state index is -4.91. The Hall–Kier alpha value is -0.230. The van der Waals surface area contributed by atoms with Gasteiger partial charge in [0.05, 0.1) is 0 Å². The molecule has 0 saturated carbocycles. The fraction of sp³-hybridized carbons (Fsp3) is 0.875. The van der Waals surface area contributed by atoms with Crippen molar-refractivity contribution in [3.8, 4) is 0 Å². The van der Waals surface area contributed by atoms with Gasteiger partial charge in [0.2, 0.25) is 10.9 Å². The fourth-order valence-electron chi connectivity index (χ4n) is 2.17. The predicted molar refractivity (Wildman–Crippen MR) is 64.9 cm³/mol. The molecule has 4 N–H and O–H groups in total. The van der Waals surface area contributed by atoms with E-state index >= 15 is 0 Å². The maximum atomic E-state index is 12.4. The van der Waals surface area contributed by atoms with Crippen molar-refractivity contribution in [2.75, 3.05) is 13.1 Å². The van der Waals surface area contributed by atoms with Crippen LogP contribution in [-0.2, 0) is 13.9 Å². The van der Waals surface area contributed by atoms with Gasteiger partial charge in [-0.1, -0.05) is 6.92 Å². The number of carbonyl (C=O) groups excluding carboxylic acids is 1. The van der Waals surface area contributed by atoms with Crippen molar-refractivity contribution in [3.05, 3.63) is 0 Å². The molecule has 0 radical (unpaired) electrons. The molecule has 1 heterocycles. The molecule has 106 valence electrons. The standard InChI is InChI=1S/C8H18N2O6P2/c1-3-9-8(18(14,15)16)6-5-7(11)10(4-2)17(8,12)13/h9H,3-6H2,1-2H3,(H,12,13)(H2,14,15,16). The lowest BCUT2D eigenvalue weighted by Crippen LogP contribution is -2.53. The lowest BCUT2D eigenvalue weighted by molar-refractivity contribution is -0.128. The van der Waals surface area contributed by atoms with Crippen LogP contribution in [0.5, 0.6) is 0 Å². The third-order valence-electron chi connectivity index (χ3n) is 3.03. The van der Waals surface area contributed by atoms with Crippen molar-refractivity contribution in [2.45, 2.75) is 31.7 Å². The Labute approximate surface area is 105 Å². The molecular formula is C8H18N2O6P2. The molecule has 0 aromatic heterocycles. The molecule has 2 unspecified atom stereocenters. The zero-order chi connectivity index (χ0) is 14.2. The average molecular weight is 300 g/mol. The number of carbonyl (C=O) groups is 1. The third kappa shape index (κ3) is 2.18. The first kappa shape index (κ1) is 15.8. The van der Waals surface area contributed by atoms with Gasteiger partial charge in [0.1, 0.15) is 0 Å². The second-order valence-corrected chi connectivity index (χ2v) is 8.58. The van der Waals surface area contributed by atoms with Crippen LogP contribution in [0.4, 0.5) is 0 Å². The van der Waals surface area contributed by atoms with Gasteiger partial charge < -0.3 is 14.7 Å². The highest BCUT2D eigenvalue weighted by Crippen LogP contribution is 2.74. The topological polar surface area (TPSA) is 127 Å². The average Bonchev–Trinajstić information content (AvgIpc) is 2.21. The summed E-state index contributed by atoms with van der Waals surface area (Å²) in [6, 6.07) is 0. The molecule has 0 aromatic carbocycles.